The van der Waals surface area contributed by atoms with Gasteiger partial charge in [0.2, 0.25) is 0 Å². The number of aliphatic imine (C=N–C) groups is 1. The molecule has 1 aliphatic heterocycles. The van der Waals surface area contributed by atoms with Crippen molar-refractivity contribution in [1.82, 2.24) is 15.5 Å². The van der Waals surface area contributed by atoms with E-state index >= 15 is 0 Å². The monoisotopic (exact) mass is 304 g/mol. The lowest BCUT2D eigenvalue weighted by atomic mass is 10.1. The Hall–Kier alpha value is -1.51. The Morgan fingerprint density at radius 2 is 2.43 bits per heavy atom. The summed E-state index contributed by atoms with van der Waals surface area (Å²) >= 11 is 1.88. The Kier molecular flexibility index (Phi) is 6.09. The fraction of sp³-hybridized carbons (Fsp3) is 0.562. The van der Waals surface area contributed by atoms with Gasteiger partial charge >= 0.3 is 0 Å². The van der Waals surface area contributed by atoms with Gasteiger partial charge in [-0.3, -0.25) is 9.89 Å². The lowest BCUT2D eigenvalue weighted by Crippen LogP contribution is -2.41. The van der Waals surface area contributed by atoms with Crippen LogP contribution in [-0.4, -0.2) is 43.1 Å². The molecule has 1 aromatic heterocycles. The molecule has 0 radical (unpaired) electrons. The highest BCUT2D eigenvalue weighted by atomic mass is 32.1. The SMILES string of the molecule is C#CCNC(=NCC(C)N1CCc2sccc2C1)NCC. The molecule has 1 aliphatic rings. The van der Waals surface area contributed by atoms with Gasteiger partial charge in [-0.05, 0) is 37.3 Å². The molecule has 0 spiro atoms. The molecule has 0 saturated carbocycles. The first-order chi connectivity index (χ1) is 10.2. The number of rotatable bonds is 5. The minimum absolute atomic E-state index is 0.430. The van der Waals surface area contributed by atoms with Gasteiger partial charge in [0.15, 0.2) is 5.96 Å². The zero-order valence-corrected chi connectivity index (χ0v) is 13.7. The second-order valence-electron chi connectivity index (χ2n) is 5.22. The van der Waals surface area contributed by atoms with E-state index in [4.69, 9.17) is 6.42 Å². The number of thiophene rings is 1. The highest BCUT2D eigenvalue weighted by Gasteiger charge is 2.21. The lowest BCUT2D eigenvalue weighted by molar-refractivity contribution is 0.197. The van der Waals surface area contributed by atoms with Gasteiger partial charge in [0.25, 0.3) is 0 Å². The van der Waals surface area contributed by atoms with Crippen LogP contribution in [0, 0.1) is 12.3 Å². The van der Waals surface area contributed by atoms with Crippen molar-refractivity contribution in [3.63, 3.8) is 0 Å². The smallest absolute Gasteiger partial charge is 0.192 e. The minimum Gasteiger partial charge on any atom is -0.357 e. The van der Waals surface area contributed by atoms with E-state index in [9.17, 15) is 0 Å². The van der Waals surface area contributed by atoms with Crippen LogP contribution in [0.5, 0.6) is 0 Å². The van der Waals surface area contributed by atoms with Crippen molar-refractivity contribution < 1.29 is 0 Å². The molecule has 1 atom stereocenters. The summed E-state index contributed by atoms with van der Waals surface area (Å²) in [5.74, 6) is 3.38. The van der Waals surface area contributed by atoms with Crippen LogP contribution in [0.3, 0.4) is 0 Å². The zero-order valence-electron chi connectivity index (χ0n) is 12.9. The van der Waals surface area contributed by atoms with Gasteiger partial charge in [-0.25, -0.2) is 0 Å². The van der Waals surface area contributed by atoms with Crippen molar-refractivity contribution in [2.24, 2.45) is 4.99 Å². The van der Waals surface area contributed by atoms with Crippen molar-refractivity contribution in [2.45, 2.75) is 32.9 Å². The number of nitrogens with zero attached hydrogens (tertiary/aromatic N) is 2. The first-order valence-electron chi connectivity index (χ1n) is 7.49. The van der Waals surface area contributed by atoms with Crippen LogP contribution in [0.1, 0.15) is 24.3 Å². The van der Waals surface area contributed by atoms with Gasteiger partial charge in [0.05, 0.1) is 13.1 Å². The summed E-state index contributed by atoms with van der Waals surface area (Å²) in [6.07, 6.45) is 6.44. The maximum Gasteiger partial charge on any atom is 0.192 e. The minimum atomic E-state index is 0.430. The molecule has 4 nitrogen and oxygen atoms in total. The average molecular weight is 304 g/mol. The van der Waals surface area contributed by atoms with Crippen LogP contribution in [0.2, 0.25) is 0 Å². The number of fused-ring (bicyclic) bond motifs is 1. The summed E-state index contributed by atoms with van der Waals surface area (Å²) in [5, 5.41) is 8.54. The second kappa shape index (κ2) is 8.06. The van der Waals surface area contributed by atoms with Crippen LogP contribution >= 0.6 is 11.3 Å². The molecule has 21 heavy (non-hydrogen) atoms. The van der Waals surface area contributed by atoms with Crippen LogP contribution in [0.15, 0.2) is 16.4 Å². The third kappa shape index (κ3) is 4.48. The zero-order chi connectivity index (χ0) is 15.1. The Labute approximate surface area is 131 Å². The van der Waals surface area contributed by atoms with E-state index in [1.807, 2.05) is 11.3 Å². The van der Waals surface area contributed by atoms with E-state index in [1.165, 1.54) is 5.56 Å². The van der Waals surface area contributed by atoms with Crippen molar-refractivity contribution >= 4 is 17.3 Å². The third-order valence-corrected chi connectivity index (χ3v) is 4.70. The Bertz CT molecular complexity index is 515. The van der Waals surface area contributed by atoms with Crippen molar-refractivity contribution in [3.8, 4) is 12.3 Å². The largest absolute Gasteiger partial charge is 0.357 e. The van der Waals surface area contributed by atoms with Crippen LogP contribution in [0.25, 0.3) is 0 Å². The van der Waals surface area contributed by atoms with Crippen LogP contribution in [0.4, 0.5) is 0 Å². The van der Waals surface area contributed by atoms with Crippen molar-refractivity contribution in [2.75, 3.05) is 26.2 Å². The molecule has 0 fully saturated rings. The lowest BCUT2D eigenvalue weighted by Gasteiger charge is -2.31. The van der Waals surface area contributed by atoms with Crippen molar-refractivity contribution in [3.05, 3.63) is 21.9 Å². The Morgan fingerprint density at radius 1 is 1.57 bits per heavy atom. The molecule has 1 unspecified atom stereocenters. The predicted octanol–water partition coefficient (Wildman–Crippen LogP) is 1.68. The van der Waals surface area contributed by atoms with E-state index in [1.54, 1.807) is 4.88 Å². The number of hydrogen-bond acceptors (Lipinski definition) is 3. The fourth-order valence-corrected chi connectivity index (χ4v) is 3.35. The maximum absolute atomic E-state index is 5.28. The van der Waals surface area contributed by atoms with Gasteiger partial charge in [-0.2, -0.15) is 0 Å². The molecule has 5 heteroatoms. The predicted molar refractivity (Wildman–Crippen MR) is 90.7 cm³/mol. The van der Waals surface area contributed by atoms with Gasteiger partial charge in [0.1, 0.15) is 0 Å². The quantitative estimate of drug-likeness (QED) is 0.494. The number of guanidine groups is 1. The molecular formula is C16H24N4S. The molecule has 0 amide bonds. The molecule has 114 valence electrons. The summed E-state index contributed by atoms with van der Waals surface area (Å²) in [6.45, 7) is 8.58. The first-order valence-corrected chi connectivity index (χ1v) is 8.37. The topological polar surface area (TPSA) is 39.7 Å². The number of terminal acetylenes is 1. The molecular weight excluding hydrogens is 280 g/mol. The molecule has 2 heterocycles. The van der Waals surface area contributed by atoms with Gasteiger partial charge in [-0.15, -0.1) is 17.8 Å². The first kappa shape index (κ1) is 15.9. The van der Waals surface area contributed by atoms with Crippen LogP contribution < -0.4 is 10.6 Å². The number of nitrogens with one attached hydrogen (secondary N) is 2. The highest BCUT2D eigenvalue weighted by molar-refractivity contribution is 7.10. The Morgan fingerprint density at radius 3 is 3.19 bits per heavy atom. The molecule has 2 rings (SSSR count). The molecule has 0 bridgehead atoms. The summed E-state index contributed by atoms with van der Waals surface area (Å²) in [5.41, 5.74) is 1.49. The summed E-state index contributed by atoms with van der Waals surface area (Å²) in [4.78, 5) is 8.68. The maximum atomic E-state index is 5.28. The molecule has 0 aliphatic carbocycles. The fourth-order valence-electron chi connectivity index (χ4n) is 2.46. The van der Waals surface area contributed by atoms with Gasteiger partial charge < -0.3 is 10.6 Å². The summed E-state index contributed by atoms with van der Waals surface area (Å²) in [7, 11) is 0. The summed E-state index contributed by atoms with van der Waals surface area (Å²) < 4.78 is 0. The molecule has 1 aromatic rings. The van der Waals surface area contributed by atoms with E-state index in [2.05, 4.69) is 51.7 Å². The van der Waals surface area contributed by atoms with Crippen molar-refractivity contribution in [1.29, 1.82) is 0 Å². The van der Waals surface area contributed by atoms with E-state index in [0.29, 0.717) is 12.6 Å². The van der Waals surface area contributed by atoms with Gasteiger partial charge in [0, 0.05) is 30.6 Å². The van der Waals surface area contributed by atoms with Gasteiger partial charge in [-0.1, -0.05) is 5.92 Å². The molecule has 0 saturated heterocycles. The molecule has 2 N–H and O–H groups in total. The van der Waals surface area contributed by atoms with Crippen LogP contribution in [-0.2, 0) is 13.0 Å². The average Bonchev–Trinajstić information content (AvgIpc) is 2.97. The standard InChI is InChI=1S/C16H24N4S/c1-4-8-18-16(17-5-2)19-11-13(3)20-9-6-15-14(12-20)7-10-21-15/h1,7,10,13H,5-6,8-9,11-12H2,2-3H3,(H2,17,18,19). The third-order valence-electron chi connectivity index (χ3n) is 3.68. The normalized spacial score (nSPS) is 16.9. The summed E-state index contributed by atoms with van der Waals surface area (Å²) in [6, 6.07) is 2.68. The molecule has 0 aromatic carbocycles. The van der Waals surface area contributed by atoms with E-state index in [-0.39, 0.29) is 0 Å². The second-order valence-corrected chi connectivity index (χ2v) is 6.22. The van der Waals surface area contributed by atoms with E-state index < -0.39 is 0 Å². The number of hydrogen-bond donors (Lipinski definition) is 2. The Balaban J connectivity index is 1.88. The highest BCUT2D eigenvalue weighted by Crippen LogP contribution is 2.25. The van der Waals surface area contributed by atoms with E-state index in [0.717, 1.165) is 38.6 Å².